The molecule has 1 aromatic heterocycles. The SMILES string of the molecule is O=C(Nc1cccc(SC(C(=O)Nc2ccccn2)c2ccccc2)c1)/C(=C\c1cccc2ccccc12)NC(=O)c1ccccc1. The van der Waals surface area contributed by atoms with Gasteiger partial charge in [0.15, 0.2) is 0 Å². The van der Waals surface area contributed by atoms with Gasteiger partial charge in [0.1, 0.15) is 16.8 Å². The van der Waals surface area contributed by atoms with Crippen molar-refractivity contribution in [3.63, 3.8) is 0 Å². The van der Waals surface area contributed by atoms with Gasteiger partial charge in [-0.3, -0.25) is 14.4 Å². The van der Waals surface area contributed by atoms with Crippen molar-refractivity contribution >= 4 is 57.8 Å². The van der Waals surface area contributed by atoms with Gasteiger partial charge < -0.3 is 16.0 Å². The third kappa shape index (κ3) is 8.00. The van der Waals surface area contributed by atoms with Crippen LogP contribution in [0.15, 0.2) is 162 Å². The van der Waals surface area contributed by atoms with Crippen LogP contribution in [0.3, 0.4) is 0 Å². The summed E-state index contributed by atoms with van der Waals surface area (Å²) in [4.78, 5) is 45.5. The van der Waals surface area contributed by atoms with E-state index in [4.69, 9.17) is 0 Å². The number of amides is 3. The smallest absolute Gasteiger partial charge is 0.272 e. The average molecular weight is 635 g/mol. The van der Waals surface area contributed by atoms with Gasteiger partial charge in [-0.2, -0.15) is 0 Å². The second kappa shape index (κ2) is 14.9. The third-order valence-electron chi connectivity index (χ3n) is 7.25. The number of hydrogen-bond donors (Lipinski definition) is 3. The number of benzene rings is 5. The van der Waals surface area contributed by atoms with Crippen LogP contribution < -0.4 is 16.0 Å². The van der Waals surface area contributed by atoms with E-state index in [-0.39, 0.29) is 11.6 Å². The van der Waals surface area contributed by atoms with Gasteiger partial charge >= 0.3 is 0 Å². The highest BCUT2D eigenvalue weighted by Crippen LogP contribution is 2.37. The largest absolute Gasteiger partial charge is 0.321 e. The monoisotopic (exact) mass is 634 g/mol. The minimum Gasteiger partial charge on any atom is -0.321 e. The molecule has 0 bridgehead atoms. The summed E-state index contributed by atoms with van der Waals surface area (Å²) in [5, 5.41) is 10.0. The standard InChI is InChI=1S/C39H30N4O3S/c44-37(29-16-5-2-6-17-29)42-34(25-30-19-11-18-27-13-7-8-22-33(27)30)38(45)41-31-20-12-21-32(26-31)47-36(28-14-3-1-4-15-28)39(46)43-35-23-9-10-24-40-35/h1-26,36H,(H,41,45)(H,42,44)(H,40,43,46)/b34-25+. The Bertz CT molecular complexity index is 2050. The summed E-state index contributed by atoms with van der Waals surface area (Å²) < 4.78 is 0. The fourth-order valence-corrected chi connectivity index (χ4v) is 6.07. The van der Waals surface area contributed by atoms with Crippen molar-refractivity contribution in [2.24, 2.45) is 0 Å². The first-order chi connectivity index (χ1) is 23.0. The van der Waals surface area contributed by atoms with Crippen molar-refractivity contribution in [3.8, 4) is 0 Å². The van der Waals surface area contributed by atoms with Crippen LogP contribution in [-0.4, -0.2) is 22.7 Å². The maximum atomic E-state index is 13.8. The quantitative estimate of drug-likeness (QED) is 0.104. The van der Waals surface area contributed by atoms with Gasteiger partial charge in [-0.25, -0.2) is 4.98 Å². The predicted molar refractivity (Wildman–Crippen MR) is 189 cm³/mol. The maximum Gasteiger partial charge on any atom is 0.272 e. The number of pyridine rings is 1. The normalized spacial score (nSPS) is 11.8. The van der Waals surface area contributed by atoms with Crippen molar-refractivity contribution in [1.29, 1.82) is 0 Å². The first kappa shape index (κ1) is 31.0. The van der Waals surface area contributed by atoms with E-state index in [1.54, 1.807) is 60.8 Å². The van der Waals surface area contributed by atoms with Crippen LogP contribution in [0.4, 0.5) is 11.5 Å². The fraction of sp³-hybridized carbons (Fsp3) is 0.0256. The molecule has 0 saturated heterocycles. The van der Waals surface area contributed by atoms with Gasteiger partial charge in [0.2, 0.25) is 5.91 Å². The van der Waals surface area contributed by atoms with Gasteiger partial charge in [-0.15, -0.1) is 11.8 Å². The third-order valence-corrected chi connectivity index (χ3v) is 8.50. The maximum absolute atomic E-state index is 13.8. The lowest BCUT2D eigenvalue weighted by atomic mass is 10.0. The molecule has 1 atom stereocenters. The van der Waals surface area contributed by atoms with Crippen LogP contribution in [-0.2, 0) is 9.59 Å². The highest BCUT2D eigenvalue weighted by molar-refractivity contribution is 8.00. The molecule has 0 aliphatic rings. The molecule has 8 heteroatoms. The molecule has 3 N–H and O–H groups in total. The Morgan fingerprint density at radius 2 is 1.38 bits per heavy atom. The zero-order valence-corrected chi connectivity index (χ0v) is 26.0. The lowest BCUT2D eigenvalue weighted by molar-refractivity contribution is -0.116. The number of hydrogen-bond acceptors (Lipinski definition) is 5. The molecule has 6 rings (SSSR count). The molecule has 1 heterocycles. The van der Waals surface area contributed by atoms with E-state index in [9.17, 15) is 14.4 Å². The second-order valence-corrected chi connectivity index (χ2v) is 11.7. The zero-order valence-electron chi connectivity index (χ0n) is 25.2. The molecule has 5 aromatic carbocycles. The number of nitrogens with zero attached hydrogens (tertiary/aromatic N) is 1. The van der Waals surface area contributed by atoms with E-state index in [0.29, 0.717) is 17.1 Å². The average Bonchev–Trinajstić information content (AvgIpc) is 3.11. The van der Waals surface area contributed by atoms with E-state index in [0.717, 1.165) is 26.8 Å². The molecule has 0 radical (unpaired) electrons. The van der Waals surface area contributed by atoms with Crippen molar-refractivity contribution in [2.45, 2.75) is 10.1 Å². The number of thioether (sulfide) groups is 1. The van der Waals surface area contributed by atoms with Crippen LogP contribution in [0.2, 0.25) is 0 Å². The number of aromatic nitrogens is 1. The molecule has 0 saturated carbocycles. The molecule has 6 aromatic rings. The fourth-order valence-electron chi connectivity index (χ4n) is 4.99. The summed E-state index contributed by atoms with van der Waals surface area (Å²) in [6.07, 6.45) is 3.31. The minimum atomic E-state index is -0.587. The number of fused-ring (bicyclic) bond motifs is 1. The molecule has 47 heavy (non-hydrogen) atoms. The van der Waals surface area contributed by atoms with Crippen LogP contribution in [0, 0.1) is 0 Å². The Kier molecular flexibility index (Phi) is 9.81. The Balaban J connectivity index is 1.27. The highest BCUT2D eigenvalue weighted by Gasteiger charge is 2.23. The molecule has 7 nitrogen and oxygen atoms in total. The van der Waals surface area contributed by atoms with E-state index in [1.165, 1.54) is 11.8 Å². The van der Waals surface area contributed by atoms with E-state index >= 15 is 0 Å². The van der Waals surface area contributed by atoms with Gasteiger partial charge in [-0.1, -0.05) is 103 Å². The van der Waals surface area contributed by atoms with Crippen LogP contribution in [0.5, 0.6) is 0 Å². The topological polar surface area (TPSA) is 100 Å². The van der Waals surface area contributed by atoms with Crippen LogP contribution >= 0.6 is 11.8 Å². The summed E-state index contributed by atoms with van der Waals surface area (Å²) >= 11 is 1.36. The summed E-state index contributed by atoms with van der Waals surface area (Å²) in [5.41, 5.74) is 2.64. The first-order valence-corrected chi connectivity index (χ1v) is 15.8. The number of rotatable bonds is 10. The summed E-state index contributed by atoms with van der Waals surface area (Å²) in [6, 6.07) is 44.5. The summed E-state index contributed by atoms with van der Waals surface area (Å²) in [5.74, 6) is -0.653. The van der Waals surface area contributed by atoms with Crippen molar-refractivity contribution in [1.82, 2.24) is 10.3 Å². The molecule has 0 spiro atoms. The molecular formula is C39H30N4O3S. The Morgan fingerprint density at radius 3 is 2.17 bits per heavy atom. The molecule has 230 valence electrons. The van der Waals surface area contributed by atoms with Crippen molar-refractivity contribution in [2.75, 3.05) is 10.6 Å². The molecule has 0 fully saturated rings. The van der Waals surface area contributed by atoms with Gasteiger partial charge in [-0.05, 0) is 70.4 Å². The molecule has 3 amide bonds. The van der Waals surface area contributed by atoms with E-state index in [1.807, 2.05) is 97.1 Å². The first-order valence-electron chi connectivity index (χ1n) is 14.9. The number of anilines is 2. The van der Waals surface area contributed by atoms with Crippen LogP contribution in [0.25, 0.3) is 16.8 Å². The molecule has 0 aliphatic heterocycles. The Hall–Kier alpha value is -5.99. The second-order valence-electron chi connectivity index (χ2n) is 10.5. The summed E-state index contributed by atoms with van der Waals surface area (Å²) in [6.45, 7) is 0. The van der Waals surface area contributed by atoms with Crippen LogP contribution in [0.1, 0.15) is 26.7 Å². The number of carbonyl (C=O) groups is 3. The summed E-state index contributed by atoms with van der Waals surface area (Å²) in [7, 11) is 0. The van der Waals surface area contributed by atoms with E-state index in [2.05, 4.69) is 20.9 Å². The van der Waals surface area contributed by atoms with Crippen molar-refractivity contribution in [3.05, 3.63) is 174 Å². The highest BCUT2D eigenvalue weighted by atomic mass is 32.2. The Morgan fingerprint density at radius 1 is 0.681 bits per heavy atom. The van der Waals surface area contributed by atoms with Gasteiger partial charge in [0.05, 0.1) is 0 Å². The molecule has 1 unspecified atom stereocenters. The lowest BCUT2D eigenvalue weighted by Crippen LogP contribution is -2.30. The lowest BCUT2D eigenvalue weighted by Gasteiger charge is -2.17. The minimum absolute atomic E-state index is 0.0881. The van der Waals surface area contributed by atoms with Gasteiger partial charge in [0.25, 0.3) is 11.8 Å². The predicted octanol–water partition coefficient (Wildman–Crippen LogP) is 8.12. The molecular weight excluding hydrogens is 605 g/mol. The number of nitrogens with one attached hydrogen (secondary N) is 3. The van der Waals surface area contributed by atoms with Crippen molar-refractivity contribution < 1.29 is 14.4 Å². The van der Waals surface area contributed by atoms with E-state index < -0.39 is 17.1 Å². The number of carbonyl (C=O) groups excluding carboxylic acids is 3. The zero-order chi connectivity index (χ0) is 32.4. The molecule has 0 aliphatic carbocycles. The Labute approximate surface area is 276 Å². The van der Waals surface area contributed by atoms with Gasteiger partial charge in [0, 0.05) is 22.3 Å².